The van der Waals surface area contributed by atoms with Gasteiger partial charge in [0.05, 0.1) is 21.6 Å². The first-order valence-corrected chi connectivity index (χ1v) is 15.2. The maximum atomic E-state index is 12.8. The second-order valence-electron chi connectivity index (χ2n) is 7.41. The number of halogens is 3. The average molecular weight is 893 g/mol. The molecule has 3 aromatic carbocycles. The van der Waals surface area contributed by atoms with Crippen LogP contribution in [0.1, 0.15) is 31.1 Å². The second kappa shape index (κ2) is 13.3. The van der Waals surface area contributed by atoms with E-state index in [1.807, 2.05) is 73.8 Å². The fourth-order valence-corrected chi connectivity index (χ4v) is 5.55. The van der Waals surface area contributed by atoms with E-state index in [1.54, 1.807) is 6.07 Å². The van der Waals surface area contributed by atoms with Crippen LogP contribution in [0.15, 0.2) is 54.6 Å². The first kappa shape index (κ1) is 31.1. The molecule has 0 bridgehead atoms. The zero-order valence-corrected chi connectivity index (χ0v) is 26.4. The molecule has 3 rings (SSSR count). The SMILES string of the molecule is O=C(OCCS(=O)(=O)O)c1ccc(OC(=O)c2ccc([N+](=O)[O-])c(OC(=O)c3cc(I)cc(I)c3I)c2)cc1. The lowest BCUT2D eigenvalue weighted by atomic mass is 10.2. The summed E-state index contributed by atoms with van der Waals surface area (Å²) in [6, 6.07) is 11.6. The molecule has 39 heavy (non-hydrogen) atoms. The molecule has 0 unspecified atom stereocenters. The summed E-state index contributed by atoms with van der Waals surface area (Å²) >= 11 is 6.04. The minimum absolute atomic E-state index is 0.00868. The average Bonchev–Trinajstić information content (AvgIpc) is 2.85. The molecule has 0 aliphatic heterocycles. The van der Waals surface area contributed by atoms with E-state index in [9.17, 15) is 32.9 Å². The van der Waals surface area contributed by atoms with Crippen molar-refractivity contribution in [2.75, 3.05) is 12.4 Å². The predicted molar refractivity (Wildman–Crippen MR) is 161 cm³/mol. The van der Waals surface area contributed by atoms with Crippen molar-refractivity contribution in [2.45, 2.75) is 0 Å². The molecule has 0 aromatic heterocycles. The maximum absolute atomic E-state index is 12.8. The van der Waals surface area contributed by atoms with Crippen LogP contribution in [0.3, 0.4) is 0 Å². The number of esters is 3. The second-order valence-corrected chi connectivity index (χ2v) is 12.5. The Morgan fingerprint density at radius 1 is 0.872 bits per heavy atom. The smallest absolute Gasteiger partial charge is 0.344 e. The Bertz CT molecular complexity index is 1570. The third-order valence-corrected chi connectivity index (χ3v) is 9.03. The summed E-state index contributed by atoms with van der Waals surface area (Å²) in [4.78, 5) is 48.2. The molecule has 0 spiro atoms. The van der Waals surface area contributed by atoms with Crippen LogP contribution in [0.25, 0.3) is 0 Å². The predicted octanol–water partition coefficient (Wildman–Crippen LogP) is 4.89. The van der Waals surface area contributed by atoms with Crippen molar-refractivity contribution in [1.29, 1.82) is 0 Å². The lowest BCUT2D eigenvalue weighted by Crippen LogP contribution is -2.15. The number of carbonyl (C=O) groups is 3. The summed E-state index contributed by atoms with van der Waals surface area (Å²) in [5.41, 5.74) is -0.462. The van der Waals surface area contributed by atoms with Crippen molar-refractivity contribution < 1.29 is 46.5 Å². The monoisotopic (exact) mass is 893 g/mol. The van der Waals surface area contributed by atoms with E-state index < -0.39 is 56.7 Å². The summed E-state index contributed by atoms with van der Waals surface area (Å²) in [5, 5.41) is 11.5. The van der Waals surface area contributed by atoms with Crippen molar-refractivity contribution in [3.05, 3.63) is 92.1 Å². The first-order chi connectivity index (χ1) is 18.2. The van der Waals surface area contributed by atoms with Gasteiger partial charge in [-0.3, -0.25) is 14.7 Å². The summed E-state index contributed by atoms with van der Waals surface area (Å²) < 4.78 is 47.5. The number of benzene rings is 3. The number of carbonyl (C=O) groups excluding carboxylic acids is 3. The molecular formula is C23H14I3NO11S. The van der Waals surface area contributed by atoms with Gasteiger partial charge in [0, 0.05) is 22.8 Å². The standard InChI is InChI=1S/C23H14I3NO11S/c24-14-10-16(20(26)17(25)11-14)23(30)38-19-9-13(3-6-18(19)27(31)32)22(29)37-15-4-1-12(2-5-15)21(28)36-7-8-39(33,34)35/h1-6,9-11H,7-8H2,(H,33,34,35). The molecule has 0 amide bonds. The van der Waals surface area contributed by atoms with Gasteiger partial charge in [-0.25, -0.2) is 14.4 Å². The van der Waals surface area contributed by atoms with Crippen molar-refractivity contribution in [3.63, 3.8) is 0 Å². The lowest BCUT2D eigenvalue weighted by molar-refractivity contribution is -0.385. The minimum Gasteiger partial charge on any atom is -0.461 e. The van der Waals surface area contributed by atoms with Crippen LogP contribution in [0.2, 0.25) is 0 Å². The van der Waals surface area contributed by atoms with Crippen molar-refractivity contribution in [2.24, 2.45) is 0 Å². The number of nitrogens with zero attached hydrogens (tertiary/aromatic N) is 1. The normalized spacial score (nSPS) is 11.0. The molecule has 0 fully saturated rings. The van der Waals surface area contributed by atoms with Crippen LogP contribution >= 0.6 is 67.8 Å². The van der Waals surface area contributed by atoms with Gasteiger partial charge in [0.25, 0.3) is 10.1 Å². The molecular weight excluding hydrogens is 879 g/mol. The van der Waals surface area contributed by atoms with Gasteiger partial charge < -0.3 is 14.2 Å². The van der Waals surface area contributed by atoms with Gasteiger partial charge in [-0.15, -0.1) is 0 Å². The maximum Gasteiger partial charge on any atom is 0.344 e. The number of hydrogen-bond acceptors (Lipinski definition) is 10. The molecule has 1 N–H and O–H groups in total. The van der Waals surface area contributed by atoms with Crippen LogP contribution in [0.4, 0.5) is 5.69 Å². The highest BCUT2D eigenvalue weighted by molar-refractivity contribution is 14.1. The Kier molecular flexibility index (Phi) is 10.6. The Morgan fingerprint density at radius 2 is 1.51 bits per heavy atom. The minimum atomic E-state index is -4.29. The zero-order chi connectivity index (χ0) is 28.9. The van der Waals surface area contributed by atoms with Crippen LogP contribution < -0.4 is 9.47 Å². The molecule has 0 radical (unpaired) electrons. The fourth-order valence-electron chi connectivity index (χ4n) is 2.88. The van der Waals surface area contributed by atoms with E-state index in [2.05, 4.69) is 0 Å². The zero-order valence-electron chi connectivity index (χ0n) is 19.1. The third kappa shape index (κ3) is 8.78. The van der Waals surface area contributed by atoms with Crippen LogP contribution in [0.5, 0.6) is 11.5 Å². The van der Waals surface area contributed by atoms with E-state index >= 15 is 0 Å². The number of hydrogen-bond donors (Lipinski definition) is 1. The van der Waals surface area contributed by atoms with E-state index in [-0.39, 0.29) is 22.4 Å². The first-order valence-electron chi connectivity index (χ1n) is 10.3. The van der Waals surface area contributed by atoms with Gasteiger partial charge in [-0.05, 0) is 110 Å². The molecule has 16 heteroatoms. The van der Waals surface area contributed by atoms with Gasteiger partial charge in [0.2, 0.25) is 5.75 Å². The van der Waals surface area contributed by atoms with E-state index in [1.165, 1.54) is 24.3 Å². The van der Waals surface area contributed by atoms with E-state index in [0.29, 0.717) is 3.57 Å². The van der Waals surface area contributed by atoms with Crippen LogP contribution in [0, 0.1) is 20.8 Å². The van der Waals surface area contributed by atoms with Gasteiger partial charge in [-0.2, -0.15) is 8.42 Å². The highest BCUT2D eigenvalue weighted by Gasteiger charge is 2.24. The Hall–Kier alpha value is -2.43. The highest BCUT2D eigenvalue weighted by Crippen LogP contribution is 2.31. The van der Waals surface area contributed by atoms with Crippen molar-refractivity contribution >= 4 is 101 Å². The molecule has 0 heterocycles. The van der Waals surface area contributed by atoms with E-state index in [4.69, 9.17) is 18.8 Å². The summed E-state index contributed by atoms with van der Waals surface area (Å²) in [6.07, 6.45) is 0. The summed E-state index contributed by atoms with van der Waals surface area (Å²) in [5.74, 6) is -3.84. The number of nitro benzene ring substituents is 1. The van der Waals surface area contributed by atoms with Crippen molar-refractivity contribution in [1.82, 2.24) is 0 Å². The van der Waals surface area contributed by atoms with Gasteiger partial charge in [0.1, 0.15) is 18.1 Å². The molecule has 12 nitrogen and oxygen atoms in total. The molecule has 0 aliphatic rings. The molecule has 0 saturated carbocycles. The summed E-state index contributed by atoms with van der Waals surface area (Å²) in [7, 11) is -4.29. The fraction of sp³-hybridized carbons (Fsp3) is 0.0870. The number of nitro groups is 1. The summed E-state index contributed by atoms with van der Waals surface area (Å²) in [6.45, 7) is -0.552. The Labute approximate surface area is 261 Å². The molecule has 0 atom stereocenters. The largest absolute Gasteiger partial charge is 0.461 e. The molecule has 0 aliphatic carbocycles. The van der Waals surface area contributed by atoms with Crippen LogP contribution in [-0.4, -0.2) is 48.2 Å². The van der Waals surface area contributed by atoms with Gasteiger partial charge >= 0.3 is 23.6 Å². The lowest BCUT2D eigenvalue weighted by Gasteiger charge is -2.10. The number of rotatable bonds is 9. The van der Waals surface area contributed by atoms with Gasteiger partial charge in [-0.1, -0.05) is 0 Å². The molecule has 204 valence electrons. The topological polar surface area (TPSA) is 176 Å². The Morgan fingerprint density at radius 3 is 2.13 bits per heavy atom. The molecule has 3 aromatic rings. The van der Waals surface area contributed by atoms with Crippen molar-refractivity contribution in [3.8, 4) is 11.5 Å². The van der Waals surface area contributed by atoms with E-state index in [0.717, 1.165) is 25.3 Å². The molecule has 0 saturated heterocycles. The van der Waals surface area contributed by atoms with Crippen LogP contribution in [-0.2, 0) is 14.9 Å². The quantitative estimate of drug-likeness (QED) is 0.0589. The Balaban J connectivity index is 1.76. The third-order valence-electron chi connectivity index (χ3n) is 4.68. The number of ether oxygens (including phenoxy) is 3. The highest BCUT2D eigenvalue weighted by atomic mass is 127. The van der Waals surface area contributed by atoms with Gasteiger partial charge in [0.15, 0.2) is 0 Å².